The van der Waals surface area contributed by atoms with Crippen molar-refractivity contribution in [3.8, 4) is 5.75 Å². The molecule has 5 heteroatoms. The summed E-state index contributed by atoms with van der Waals surface area (Å²) >= 11 is 0. The van der Waals surface area contributed by atoms with Crippen LogP contribution < -0.4 is 5.32 Å². The number of carboxylic acids is 1. The Balaban J connectivity index is 2.34. The third-order valence-corrected chi connectivity index (χ3v) is 4.01. The number of rotatable bonds is 6. The van der Waals surface area contributed by atoms with E-state index in [9.17, 15) is 19.8 Å². The summed E-state index contributed by atoms with van der Waals surface area (Å²) in [6, 6.07) is 11.4. The summed E-state index contributed by atoms with van der Waals surface area (Å²) in [5.41, 5.74) is 2.65. The number of carbonyl (C=O) groups excluding carboxylic acids is 1. The number of carbonyl (C=O) groups is 2. The van der Waals surface area contributed by atoms with Crippen LogP contribution in [-0.4, -0.2) is 22.1 Å². The van der Waals surface area contributed by atoms with E-state index in [0.717, 1.165) is 12.0 Å². The van der Waals surface area contributed by atoms with Gasteiger partial charge in [0.1, 0.15) is 5.75 Å². The van der Waals surface area contributed by atoms with Gasteiger partial charge < -0.3 is 15.5 Å². The Labute approximate surface area is 147 Å². The lowest BCUT2D eigenvalue weighted by molar-refractivity contribution is -0.138. The molecule has 0 saturated carbocycles. The number of anilines is 1. The predicted molar refractivity (Wildman–Crippen MR) is 97.1 cm³/mol. The van der Waals surface area contributed by atoms with Gasteiger partial charge in [0.15, 0.2) is 0 Å². The Morgan fingerprint density at radius 2 is 1.68 bits per heavy atom. The average Bonchev–Trinajstić information content (AvgIpc) is 2.55. The van der Waals surface area contributed by atoms with Gasteiger partial charge in [-0.05, 0) is 60.7 Å². The zero-order chi connectivity index (χ0) is 18.6. The smallest absolute Gasteiger partial charge is 0.310 e. The van der Waals surface area contributed by atoms with Gasteiger partial charge in [0, 0.05) is 11.3 Å². The van der Waals surface area contributed by atoms with Gasteiger partial charge in [-0.25, -0.2) is 0 Å². The summed E-state index contributed by atoms with van der Waals surface area (Å²) in [4.78, 5) is 23.7. The van der Waals surface area contributed by atoms with Crippen LogP contribution in [-0.2, 0) is 11.2 Å². The summed E-state index contributed by atoms with van der Waals surface area (Å²) in [5, 5.41) is 21.4. The van der Waals surface area contributed by atoms with Gasteiger partial charge in [-0.2, -0.15) is 0 Å². The minimum absolute atomic E-state index is 0.0920. The molecule has 25 heavy (non-hydrogen) atoms. The molecule has 0 radical (unpaired) electrons. The third kappa shape index (κ3) is 4.83. The highest BCUT2D eigenvalue weighted by Crippen LogP contribution is 2.26. The number of hydrogen-bond donors (Lipinski definition) is 3. The molecular weight excluding hydrogens is 318 g/mol. The van der Waals surface area contributed by atoms with Crippen molar-refractivity contribution in [2.24, 2.45) is 5.92 Å². The molecule has 0 aliphatic carbocycles. The monoisotopic (exact) mass is 341 g/mol. The molecule has 0 bridgehead atoms. The molecule has 2 aromatic rings. The van der Waals surface area contributed by atoms with E-state index in [1.807, 2.05) is 6.07 Å². The summed E-state index contributed by atoms with van der Waals surface area (Å²) < 4.78 is 0. The summed E-state index contributed by atoms with van der Waals surface area (Å²) in [5.74, 6) is -1.38. The topological polar surface area (TPSA) is 86.6 Å². The van der Waals surface area contributed by atoms with Crippen LogP contribution in [0, 0.1) is 5.92 Å². The number of aromatic hydroxyl groups is 1. The first-order valence-electron chi connectivity index (χ1n) is 8.24. The number of amides is 1. The molecule has 2 rings (SSSR count). The van der Waals surface area contributed by atoms with E-state index in [1.165, 1.54) is 24.3 Å². The normalized spacial score (nSPS) is 12.0. The van der Waals surface area contributed by atoms with Crippen molar-refractivity contribution < 1.29 is 19.8 Å². The summed E-state index contributed by atoms with van der Waals surface area (Å²) in [6.45, 7) is 5.78. The fourth-order valence-electron chi connectivity index (χ4n) is 2.55. The largest absolute Gasteiger partial charge is 0.508 e. The Hall–Kier alpha value is -2.82. The molecule has 0 fully saturated rings. The maximum Gasteiger partial charge on any atom is 0.310 e. The quantitative estimate of drug-likeness (QED) is 0.740. The van der Waals surface area contributed by atoms with E-state index in [2.05, 4.69) is 19.2 Å². The average molecular weight is 341 g/mol. The van der Waals surface area contributed by atoms with Gasteiger partial charge in [-0.3, -0.25) is 9.59 Å². The molecule has 3 N–H and O–H groups in total. The SMILES string of the molecule is CC(C)Cc1ccc(C(C)C(=O)O)cc1NC(=O)c1ccc(O)cc1. The summed E-state index contributed by atoms with van der Waals surface area (Å²) in [6.07, 6.45) is 0.771. The first-order chi connectivity index (χ1) is 11.8. The van der Waals surface area contributed by atoms with Crippen LogP contribution >= 0.6 is 0 Å². The standard InChI is InChI=1S/C20H23NO4/c1-12(2)10-16-5-4-15(13(3)20(24)25)11-18(16)21-19(23)14-6-8-17(22)9-7-14/h4-9,11-13,22H,10H2,1-3H3,(H,21,23)(H,24,25). The molecule has 0 aliphatic heterocycles. The number of phenolic OH excluding ortho intramolecular Hbond substituents is 1. The van der Waals surface area contributed by atoms with Gasteiger partial charge in [-0.15, -0.1) is 0 Å². The van der Waals surface area contributed by atoms with Gasteiger partial charge in [0.05, 0.1) is 5.92 Å². The van der Waals surface area contributed by atoms with E-state index in [0.29, 0.717) is 22.7 Å². The van der Waals surface area contributed by atoms with Crippen LogP contribution in [0.3, 0.4) is 0 Å². The second kappa shape index (κ2) is 7.83. The van der Waals surface area contributed by atoms with E-state index in [4.69, 9.17) is 0 Å². The highest BCUT2D eigenvalue weighted by atomic mass is 16.4. The second-order valence-corrected chi connectivity index (χ2v) is 6.58. The maximum atomic E-state index is 12.5. The zero-order valence-corrected chi connectivity index (χ0v) is 14.6. The fraction of sp³-hybridized carbons (Fsp3) is 0.300. The molecule has 5 nitrogen and oxygen atoms in total. The van der Waals surface area contributed by atoms with Gasteiger partial charge in [0.2, 0.25) is 0 Å². The van der Waals surface area contributed by atoms with Crippen molar-refractivity contribution in [3.05, 3.63) is 59.2 Å². The van der Waals surface area contributed by atoms with Crippen molar-refractivity contribution in [2.45, 2.75) is 33.1 Å². The number of carboxylic acid groups (broad SMARTS) is 1. The van der Waals surface area contributed by atoms with Crippen LogP contribution in [0.4, 0.5) is 5.69 Å². The van der Waals surface area contributed by atoms with Crippen molar-refractivity contribution in [2.75, 3.05) is 5.32 Å². The first-order valence-corrected chi connectivity index (χ1v) is 8.24. The molecule has 0 saturated heterocycles. The highest BCUT2D eigenvalue weighted by molar-refractivity contribution is 6.04. The van der Waals surface area contributed by atoms with Crippen LogP contribution in [0.1, 0.15) is 48.2 Å². The number of nitrogens with one attached hydrogen (secondary N) is 1. The maximum absolute atomic E-state index is 12.5. The van der Waals surface area contributed by atoms with Crippen molar-refractivity contribution in [1.82, 2.24) is 0 Å². The molecule has 2 aromatic carbocycles. The van der Waals surface area contributed by atoms with Crippen molar-refractivity contribution in [1.29, 1.82) is 0 Å². The van der Waals surface area contributed by atoms with E-state index in [1.54, 1.807) is 19.1 Å². The number of aliphatic carboxylic acids is 1. The van der Waals surface area contributed by atoms with Gasteiger partial charge in [-0.1, -0.05) is 26.0 Å². The van der Waals surface area contributed by atoms with Crippen LogP contribution in [0.15, 0.2) is 42.5 Å². The lowest BCUT2D eigenvalue weighted by Crippen LogP contribution is -2.15. The molecule has 1 amide bonds. The Morgan fingerprint density at radius 1 is 1.04 bits per heavy atom. The zero-order valence-electron chi connectivity index (χ0n) is 14.6. The fourth-order valence-corrected chi connectivity index (χ4v) is 2.55. The predicted octanol–water partition coefficient (Wildman–Crippen LogP) is 4.03. The Bertz CT molecular complexity index is 766. The molecule has 132 valence electrons. The Morgan fingerprint density at radius 3 is 2.24 bits per heavy atom. The first kappa shape index (κ1) is 18.5. The van der Waals surface area contributed by atoms with Crippen LogP contribution in [0.5, 0.6) is 5.75 Å². The van der Waals surface area contributed by atoms with Crippen LogP contribution in [0.25, 0.3) is 0 Å². The van der Waals surface area contributed by atoms with Crippen LogP contribution in [0.2, 0.25) is 0 Å². The molecule has 0 spiro atoms. The van der Waals surface area contributed by atoms with Gasteiger partial charge in [0.25, 0.3) is 5.91 Å². The number of benzene rings is 2. The van der Waals surface area contributed by atoms with E-state index in [-0.39, 0.29) is 11.7 Å². The molecule has 0 aliphatic rings. The second-order valence-electron chi connectivity index (χ2n) is 6.58. The van der Waals surface area contributed by atoms with Gasteiger partial charge >= 0.3 is 5.97 Å². The molecular formula is C20H23NO4. The highest BCUT2D eigenvalue weighted by Gasteiger charge is 2.17. The number of hydrogen-bond acceptors (Lipinski definition) is 3. The third-order valence-electron chi connectivity index (χ3n) is 4.01. The van der Waals surface area contributed by atoms with Crippen molar-refractivity contribution >= 4 is 17.6 Å². The summed E-state index contributed by atoms with van der Waals surface area (Å²) in [7, 11) is 0. The molecule has 1 unspecified atom stereocenters. The molecule has 0 heterocycles. The Kier molecular flexibility index (Phi) is 5.80. The van der Waals surface area contributed by atoms with E-state index < -0.39 is 11.9 Å². The lowest BCUT2D eigenvalue weighted by Gasteiger charge is -2.16. The van der Waals surface area contributed by atoms with Crippen molar-refractivity contribution in [3.63, 3.8) is 0 Å². The minimum atomic E-state index is -0.910. The van der Waals surface area contributed by atoms with E-state index >= 15 is 0 Å². The molecule has 0 aromatic heterocycles. The number of phenols is 1. The molecule has 1 atom stereocenters. The lowest BCUT2D eigenvalue weighted by atomic mass is 9.95. The minimum Gasteiger partial charge on any atom is -0.508 e.